The van der Waals surface area contributed by atoms with Gasteiger partial charge >= 0.3 is 5.97 Å². The number of carboxylic acids is 1. The number of carbonyl (C=O) groups is 1. The Morgan fingerprint density at radius 1 is 1.26 bits per heavy atom. The Morgan fingerprint density at radius 3 is 2.11 bits per heavy atom. The minimum absolute atomic E-state index is 0.224. The first-order valence-corrected chi connectivity index (χ1v) is 7.99. The minimum Gasteiger partial charge on any atom is -0.480 e. The maximum atomic E-state index is 11.9. The maximum Gasteiger partial charge on any atom is 0.321 e. The number of ether oxygens (including phenoxy) is 1. The van der Waals surface area contributed by atoms with E-state index < -0.39 is 28.1 Å². The summed E-state index contributed by atoms with van der Waals surface area (Å²) in [6.07, 6.45) is 0.177. The number of aliphatic carboxylic acids is 1. The third kappa shape index (κ3) is 7.49. The van der Waals surface area contributed by atoms with Gasteiger partial charge in [-0.25, -0.2) is 13.1 Å². The Bertz CT molecular complexity index is 378. The molecule has 0 bridgehead atoms. The molecule has 0 spiro atoms. The molecule has 0 radical (unpaired) electrons. The quantitative estimate of drug-likeness (QED) is 0.664. The van der Waals surface area contributed by atoms with Crippen LogP contribution < -0.4 is 4.72 Å². The van der Waals surface area contributed by atoms with E-state index in [0.717, 1.165) is 0 Å². The van der Waals surface area contributed by atoms with Gasteiger partial charge < -0.3 is 9.84 Å². The minimum atomic E-state index is -3.68. The Hall–Kier alpha value is -0.660. The van der Waals surface area contributed by atoms with Crippen molar-refractivity contribution in [1.29, 1.82) is 0 Å². The van der Waals surface area contributed by atoms with Gasteiger partial charge in [-0.05, 0) is 18.3 Å². The van der Waals surface area contributed by atoms with Gasteiger partial charge in [0, 0.05) is 7.11 Å². The summed E-state index contributed by atoms with van der Waals surface area (Å²) in [5, 5.41) is 8.99. The Morgan fingerprint density at radius 2 is 1.79 bits per heavy atom. The molecule has 0 saturated heterocycles. The molecule has 0 aromatic heterocycles. The highest BCUT2D eigenvalue weighted by Gasteiger charge is 2.29. The van der Waals surface area contributed by atoms with Crippen molar-refractivity contribution in [3.63, 3.8) is 0 Å². The monoisotopic (exact) mass is 295 g/mol. The Balaban J connectivity index is 4.73. The van der Waals surface area contributed by atoms with Crippen LogP contribution in [-0.2, 0) is 19.6 Å². The summed E-state index contributed by atoms with van der Waals surface area (Å²) < 4.78 is 31.2. The van der Waals surface area contributed by atoms with Crippen LogP contribution in [0.1, 0.15) is 34.1 Å². The number of rotatable bonds is 9. The number of hydrogen-bond donors (Lipinski definition) is 2. The van der Waals surface area contributed by atoms with Crippen molar-refractivity contribution in [2.75, 3.05) is 12.9 Å². The van der Waals surface area contributed by atoms with Crippen molar-refractivity contribution in [2.45, 2.75) is 46.3 Å². The molecule has 0 aromatic carbocycles. The van der Waals surface area contributed by atoms with Gasteiger partial charge in [0.2, 0.25) is 10.0 Å². The fraction of sp³-hybridized carbons (Fsp3) is 0.917. The van der Waals surface area contributed by atoms with Crippen LogP contribution in [0.4, 0.5) is 0 Å². The molecule has 2 atom stereocenters. The number of methoxy groups -OCH3 is 1. The van der Waals surface area contributed by atoms with Crippen LogP contribution in [0.5, 0.6) is 0 Å². The molecule has 7 heteroatoms. The van der Waals surface area contributed by atoms with E-state index in [1.807, 2.05) is 13.8 Å². The van der Waals surface area contributed by atoms with Crippen LogP contribution in [0.3, 0.4) is 0 Å². The van der Waals surface area contributed by atoms with Crippen molar-refractivity contribution >= 4 is 16.0 Å². The van der Waals surface area contributed by atoms with Crippen LogP contribution in [0.2, 0.25) is 0 Å². The topological polar surface area (TPSA) is 92.7 Å². The highest BCUT2D eigenvalue weighted by atomic mass is 32.2. The molecule has 0 aliphatic carbocycles. The van der Waals surface area contributed by atoms with E-state index in [2.05, 4.69) is 4.72 Å². The first-order valence-electron chi connectivity index (χ1n) is 6.34. The molecule has 0 heterocycles. The molecule has 6 nitrogen and oxygen atoms in total. The van der Waals surface area contributed by atoms with Crippen molar-refractivity contribution in [1.82, 2.24) is 4.72 Å². The van der Waals surface area contributed by atoms with Gasteiger partial charge in [-0.3, -0.25) is 4.79 Å². The van der Waals surface area contributed by atoms with E-state index in [1.54, 1.807) is 13.8 Å². The highest BCUT2D eigenvalue weighted by molar-refractivity contribution is 7.89. The van der Waals surface area contributed by atoms with Gasteiger partial charge in [0.25, 0.3) is 0 Å². The summed E-state index contributed by atoms with van der Waals surface area (Å²) in [5.41, 5.74) is 0. The van der Waals surface area contributed by atoms with Crippen molar-refractivity contribution < 1.29 is 23.1 Å². The van der Waals surface area contributed by atoms with E-state index in [-0.39, 0.29) is 11.7 Å². The molecule has 114 valence electrons. The zero-order chi connectivity index (χ0) is 15.2. The van der Waals surface area contributed by atoms with E-state index in [4.69, 9.17) is 9.84 Å². The summed E-state index contributed by atoms with van der Waals surface area (Å²) in [7, 11) is -2.23. The fourth-order valence-corrected chi connectivity index (χ4v) is 3.33. The van der Waals surface area contributed by atoms with E-state index in [1.165, 1.54) is 7.11 Å². The van der Waals surface area contributed by atoms with Crippen molar-refractivity contribution in [3.8, 4) is 0 Å². The number of hydrogen-bond acceptors (Lipinski definition) is 4. The Kier molecular flexibility index (Phi) is 7.54. The van der Waals surface area contributed by atoms with Crippen LogP contribution in [0, 0.1) is 11.8 Å². The lowest BCUT2D eigenvalue weighted by Gasteiger charge is -2.21. The average molecular weight is 295 g/mol. The molecule has 0 saturated carbocycles. The molecule has 0 aliphatic heterocycles. The van der Waals surface area contributed by atoms with E-state index in [9.17, 15) is 13.2 Å². The standard InChI is InChI=1S/C12H25NO5S/c1-8(2)6-10(18-5)7-19(16,17)13-11(9(3)4)12(14)15/h8-11,13H,6-7H2,1-5H3,(H,14,15)/t10?,11-/m1/s1. The third-order valence-electron chi connectivity index (χ3n) is 2.71. The first-order chi connectivity index (χ1) is 8.59. The predicted octanol–water partition coefficient (Wildman–Crippen LogP) is 1.08. The summed E-state index contributed by atoms with van der Waals surface area (Å²) in [6.45, 7) is 7.26. The summed E-state index contributed by atoms with van der Waals surface area (Å²) in [5.74, 6) is -1.41. The largest absolute Gasteiger partial charge is 0.480 e. The molecular formula is C12H25NO5S. The van der Waals surface area contributed by atoms with E-state index >= 15 is 0 Å². The van der Waals surface area contributed by atoms with Gasteiger partial charge in [-0.1, -0.05) is 27.7 Å². The Labute approximate surface area is 115 Å². The number of nitrogens with one attached hydrogen (secondary N) is 1. The molecule has 19 heavy (non-hydrogen) atoms. The zero-order valence-corrected chi connectivity index (χ0v) is 13.0. The third-order valence-corrected chi connectivity index (χ3v) is 4.14. The maximum absolute atomic E-state index is 11.9. The van der Waals surface area contributed by atoms with Crippen LogP contribution >= 0.6 is 0 Å². The van der Waals surface area contributed by atoms with Gasteiger partial charge in [0.05, 0.1) is 11.9 Å². The van der Waals surface area contributed by atoms with Crippen LogP contribution in [-0.4, -0.2) is 44.5 Å². The molecule has 0 amide bonds. The van der Waals surface area contributed by atoms with Gasteiger partial charge in [0.15, 0.2) is 0 Å². The molecule has 1 unspecified atom stereocenters. The van der Waals surface area contributed by atoms with Crippen molar-refractivity contribution in [3.05, 3.63) is 0 Å². The van der Waals surface area contributed by atoms with Crippen LogP contribution in [0.25, 0.3) is 0 Å². The summed E-state index contributed by atoms with van der Waals surface area (Å²) >= 11 is 0. The van der Waals surface area contributed by atoms with Crippen molar-refractivity contribution in [2.24, 2.45) is 11.8 Å². The molecular weight excluding hydrogens is 270 g/mol. The second-order valence-corrected chi connectivity index (χ2v) is 7.24. The second kappa shape index (κ2) is 7.81. The number of sulfonamides is 1. The lowest BCUT2D eigenvalue weighted by Crippen LogP contribution is -2.46. The first kappa shape index (κ1) is 18.3. The zero-order valence-electron chi connectivity index (χ0n) is 12.2. The summed E-state index contributed by atoms with van der Waals surface area (Å²) in [6, 6.07) is -1.11. The molecule has 0 fully saturated rings. The van der Waals surface area contributed by atoms with Gasteiger partial charge in [-0.2, -0.15) is 0 Å². The second-order valence-electron chi connectivity index (χ2n) is 5.45. The normalized spacial score (nSPS) is 15.7. The van der Waals surface area contributed by atoms with Gasteiger partial charge in [0.1, 0.15) is 6.04 Å². The SMILES string of the molecule is COC(CC(C)C)CS(=O)(=O)N[C@@H](C(=O)O)C(C)C. The average Bonchev–Trinajstić information content (AvgIpc) is 2.23. The lowest BCUT2D eigenvalue weighted by molar-refractivity contribution is -0.140. The molecule has 0 aliphatic rings. The van der Waals surface area contributed by atoms with Crippen LogP contribution in [0.15, 0.2) is 0 Å². The molecule has 0 rings (SSSR count). The molecule has 0 aromatic rings. The molecule has 2 N–H and O–H groups in total. The summed E-state index contributed by atoms with van der Waals surface area (Å²) in [4.78, 5) is 11.0. The lowest BCUT2D eigenvalue weighted by atomic mass is 10.1. The number of carboxylic acid groups (broad SMARTS) is 1. The fourth-order valence-electron chi connectivity index (χ4n) is 1.72. The predicted molar refractivity (Wildman–Crippen MR) is 73.4 cm³/mol. The van der Waals surface area contributed by atoms with Gasteiger partial charge in [-0.15, -0.1) is 0 Å². The van der Waals surface area contributed by atoms with E-state index in [0.29, 0.717) is 12.3 Å². The highest BCUT2D eigenvalue weighted by Crippen LogP contribution is 2.11. The smallest absolute Gasteiger partial charge is 0.321 e.